The normalized spacial score (nSPS) is 11.8. The third-order valence-electron chi connectivity index (χ3n) is 14.9. The minimum Gasteiger partial charge on any atom is -0.507 e. The van der Waals surface area contributed by atoms with Gasteiger partial charge in [-0.25, -0.2) is 9.97 Å². The van der Waals surface area contributed by atoms with Crippen molar-refractivity contribution in [3.63, 3.8) is 0 Å². The van der Waals surface area contributed by atoms with Crippen LogP contribution in [0.25, 0.3) is 86.1 Å². The zero-order valence-corrected chi connectivity index (χ0v) is 53.4. The fourth-order valence-electron chi connectivity index (χ4n) is 10.6. The first-order chi connectivity index (χ1) is 40.3. The van der Waals surface area contributed by atoms with E-state index in [4.69, 9.17) is 20.0 Å². The summed E-state index contributed by atoms with van der Waals surface area (Å²) in [5.74, 6) is 0.433. The van der Waals surface area contributed by atoms with Gasteiger partial charge in [-0.2, -0.15) is 0 Å². The molecule has 0 saturated heterocycles. The van der Waals surface area contributed by atoms with Crippen LogP contribution in [0.4, 0.5) is 11.4 Å². The number of benzene rings is 10. The fourth-order valence-corrected chi connectivity index (χ4v) is 12.7. The molecule has 0 saturated carbocycles. The minimum atomic E-state index is -0.0287. The van der Waals surface area contributed by atoms with Gasteiger partial charge in [0.05, 0.1) is 21.6 Å². The predicted octanol–water partition coefficient (Wildman–Crippen LogP) is 21.1. The molecule has 0 fully saturated rings. The molecule has 2 N–H and O–H groups in total. The SMILES string of the molecule is Cc1cc(C)cc(-c2cc(-c3[c-]cccc3)c3nc(-c4ccccc4N=Cc4cc(C(C)(C)C)ccc4O)sc3c2)c1.Cc1cc(C)cc(-c2cc(-c3ccccc3)c3nc(-c4ccccc4N=Cc4cc(C(C)(C)C)ccc4O)sc3c2)c1.[Pt]. The van der Waals surface area contributed by atoms with Crippen molar-refractivity contribution in [2.45, 2.75) is 80.1 Å². The topological polar surface area (TPSA) is 91.0 Å². The van der Waals surface area contributed by atoms with Crippen molar-refractivity contribution in [1.82, 2.24) is 9.97 Å². The van der Waals surface area contributed by atoms with Gasteiger partial charge in [-0.05, 0) is 144 Å². The molecule has 0 atom stereocenters. The van der Waals surface area contributed by atoms with Gasteiger partial charge in [-0.15, -0.1) is 58.6 Å². The van der Waals surface area contributed by atoms with E-state index in [9.17, 15) is 10.2 Å². The van der Waals surface area contributed by atoms with Crippen molar-refractivity contribution in [1.29, 1.82) is 0 Å². The van der Waals surface area contributed by atoms with Crippen LogP contribution in [-0.4, -0.2) is 32.6 Å². The smallest absolute Gasteiger partial charge is 0.126 e. The molecular formula is C76H67N4O2PtS2-. The maximum Gasteiger partial charge on any atom is 0.126 e. The Morgan fingerprint density at radius 1 is 0.412 bits per heavy atom. The second-order valence-electron chi connectivity index (χ2n) is 23.8. The van der Waals surface area contributed by atoms with Crippen molar-refractivity contribution in [3.8, 4) is 77.1 Å². The standard InChI is InChI=1S/C38H34N2OS.C38H33N2OS.Pt/c2*1-24-17-25(2)19-27(18-24)28-21-32(26-11-7-6-8-12-26)36-35(22-28)42-37(40-36)31-13-9-10-14-33(31)39-23-29-20-30(38(3,4)5)15-16-34(29)41;/h6-23,41H,1-5H3;6-11,13-23,41H,1-5H3;/q;-1;. The van der Waals surface area contributed by atoms with E-state index in [0.29, 0.717) is 11.1 Å². The summed E-state index contributed by atoms with van der Waals surface area (Å²) in [5, 5.41) is 22.9. The number of para-hydroxylation sites is 2. The number of phenolic OH excluding ortho intramolecular Hbond substituents is 2. The van der Waals surface area contributed by atoms with Gasteiger partial charge in [0.25, 0.3) is 0 Å². The Morgan fingerprint density at radius 3 is 1.27 bits per heavy atom. The minimum absolute atomic E-state index is 0. The fraction of sp³-hybridized carbons (Fsp3) is 0.158. The van der Waals surface area contributed by atoms with E-state index in [1.165, 1.54) is 38.9 Å². The summed E-state index contributed by atoms with van der Waals surface area (Å²) in [7, 11) is 0. The maximum atomic E-state index is 10.6. The van der Waals surface area contributed by atoms with E-state index in [1.54, 1.807) is 47.2 Å². The number of aliphatic imine (C=N–C) groups is 2. The number of hydrogen-bond acceptors (Lipinski definition) is 8. The Balaban J connectivity index is 0.000000187. The van der Waals surface area contributed by atoms with Gasteiger partial charge in [0.15, 0.2) is 0 Å². The van der Waals surface area contributed by atoms with Crippen LogP contribution in [0, 0.1) is 33.8 Å². The third-order valence-corrected chi connectivity index (χ3v) is 17.0. The summed E-state index contributed by atoms with van der Waals surface area (Å²) in [6.07, 6.45) is 3.50. The van der Waals surface area contributed by atoms with E-state index in [0.717, 1.165) is 91.9 Å². The number of phenols is 2. The van der Waals surface area contributed by atoms with Crippen molar-refractivity contribution >= 4 is 66.9 Å². The molecule has 2 heterocycles. The van der Waals surface area contributed by atoms with Crippen LogP contribution in [0.2, 0.25) is 0 Å². The summed E-state index contributed by atoms with van der Waals surface area (Å²) in [6.45, 7) is 21.6. The van der Waals surface area contributed by atoms with E-state index in [2.05, 4.69) is 178 Å². The molecule has 2 aromatic heterocycles. The molecule has 6 nitrogen and oxygen atoms in total. The number of hydrogen-bond donors (Lipinski definition) is 2. The first kappa shape index (κ1) is 59.8. The van der Waals surface area contributed by atoms with Gasteiger partial charge in [0, 0.05) is 71.5 Å². The monoisotopic (exact) mass is 1330 g/mol. The molecule has 0 aliphatic carbocycles. The van der Waals surface area contributed by atoms with Gasteiger partial charge < -0.3 is 10.2 Å². The average Bonchev–Trinajstić information content (AvgIpc) is 2.62. The molecule has 9 heteroatoms. The molecule has 12 aromatic rings. The van der Waals surface area contributed by atoms with Gasteiger partial charge in [0.1, 0.15) is 21.5 Å². The van der Waals surface area contributed by atoms with Crippen molar-refractivity contribution in [3.05, 3.63) is 251 Å². The van der Waals surface area contributed by atoms with Crippen LogP contribution in [0.15, 0.2) is 210 Å². The number of rotatable bonds is 10. The maximum absolute atomic E-state index is 10.6. The Kier molecular flexibility index (Phi) is 17.6. The Hall–Kier alpha value is -8.39. The third kappa shape index (κ3) is 13.6. The van der Waals surface area contributed by atoms with Gasteiger partial charge >= 0.3 is 0 Å². The molecule has 0 bridgehead atoms. The van der Waals surface area contributed by atoms with Crippen LogP contribution in [-0.2, 0) is 31.9 Å². The van der Waals surface area contributed by atoms with E-state index in [-0.39, 0.29) is 43.4 Å². The van der Waals surface area contributed by atoms with Crippen LogP contribution in [0.5, 0.6) is 11.5 Å². The molecule has 10 aromatic carbocycles. The molecule has 0 spiro atoms. The largest absolute Gasteiger partial charge is 0.507 e. The second-order valence-corrected chi connectivity index (χ2v) is 25.8. The first-order valence-electron chi connectivity index (χ1n) is 28.3. The second kappa shape index (κ2) is 25.1. The number of nitrogens with zero attached hydrogens (tertiary/aromatic N) is 4. The number of aromatic hydroxyl groups is 2. The zero-order chi connectivity index (χ0) is 58.9. The van der Waals surface area contributed by atoms with Gasteiger partial charge in [0.2, 0.25) is 0 Å². The van der Waals surface area contributed by atoms with Crippen LogP contribution >= 0.6 is 22.7 Å². The molecule has 0 radical (unpaired) electrons. The summed E-state index contributed by atoms with van der Waals surface area (Å²) >= 11 is 3.36. The molecule has 0 amide bonds. The molecule has 0 unspecified atom stereocenters. The zero-order valence-electron chi connectivity index (χ0n) is 49.5. The van der Waals surface area contributed by atoms with Crippen LogP contribution < -0.4 is 0 Å². The van der Waals surface area contributed by atoms with Crippen molar-refractivity contribution in [2.24, 2.45) is 9.98 Å². The number of aryl methyl sites for hydroxylation is 4. The molecule has 85 heavy (non-hydrogen) atoms. The van der Waals surface area contributed by atoms with Crippen LogP contribution in [0.3, 0.4) is 0 Å². The number of fused-ring (bicyclic) bond motifs is 2. The first-order valence-corrected chi connectivity index (χ1v) is 30.0. The van der Waals surface area contributed by atoms with Gasteiger partial charge in [-0.1, -0.05) is 179 Å². The summed E-state index contributed by atoms with van der Waals surface area (Å²) < 4.78 is 2.25. The van der Waals surface area contributed by atoms with Crippen LogP contribution in [0.1, 0.15) is 86.1 Å². The molecule has 12 rings (SSSR count). The average molecular weight is 1330 g/mol. The summed E-state index contributed by atoms with van der Waals surface area (Å²) in [6, 6.07) is 72.0. The number of aromatic nitrogens is 2. The quantitative estimate of drug-likeness (QED) is 0.105. The molecule has 0 aliphatic rings. The van der Waals surface area contributed by atoms with E-state index >= 15 is 0 Å². The molecule has 0 aliphatic heterocycles. The van der Waals surface area contributed by atoms with E-state index < -0.39 is 0 Å². The Bertz CT molecular complexity index is 4140. The molecular weight excluding hydrogens is 1260 g/mol. The molecule has 426 valence electrons. The van der Waals surface area contributed by atoms with Gasteiger partial charge in [-0.3, -0.25) is 9.98 Å². The van der Waals surface area contributed by atoms with Crippen molar-refractivity contribution in [2.75, 3.05) is 0 Å². The summed E-state index contributed by atoms with van der Waals surface area (Å²) in [4.78, 5) is 20.1. The predicted molar refractivity (Wildman–Crippen MR) is 358 cm³/mol. The van der Waals surface area contributed by atoms with E-state index in [1.807, 2.05) is 84.9 Å². The Labute approximate surface area is 522 Å². The number of thiazole rings is 2. The Morgan fingerprint density at radius 2 is 0.824 bits per heavy atom. The van der Waals surface area contributed by atoms with Crippen molar-refractivity contribution < 1.29 is 31.3 Å². The summed E-state index contributed by atoms with van der Waals surface area (Å²) in [5.41, 5.74) is 23.2.